The minimum Gasteiger partial charge on any atom is -0.497 e. The van der Waals surface area contributed by atoms with Crippen molar-refractivity contribution >= 4 is 31.4 Å². The summed E-state index contributed by atoms with van der Waals surface area (Å²) in [7, 11) is -4.88. The summed E-state index contributed by atoms with van der Waals surface area (Å²) in [6.45, 7) is -0.184. The second-order valence-corrected chi connectivity index (χ2v) is 15.6. The van der Waals surface area contributed by atoms with Gasteiger partial charge in [-0.15, -0.1) is 10.2 Å². The van der Waals surface area contributed by atoms with E-state index in [0.29, 0.717) is 39.6 Å². The summed E-state index contributed by atoms with van der Waals surface area (Å²) in [6, 6.07) is 28.2. The lowest BCUT2D eigenvalue weighted by molar-refractivity contribution is 0.396. The Labute approximate surface area is 313 Å². The number of aromatic nitrogens is 4. The van der Waals surface area contributed by atoms with Crippen molar-refractivity contribution in [1.82, 2.24) is 24.5 Å². The van der Waals surface area contributed by atoms with E-state index in [9.17, 15) is 8.42 Å². The van der Waals surface area contributed by atoms with Crippen LogP contribution in [-0.2, 0) is 39.7 Å². The molecule has 0 bridgehead atoms. The van der Waals surface area contributed by atoms with Crippen LogP contribution in [0.15, 0.2) is 113 Å². The number of benzene rings is 5. The van der Waals surface area contributed by atoms with Gasteiger partial charge in [0.15, 0.2) is 0 Å². The molecular weight excluding hydrogens is 733 g/mol. The Morgan fingerprint density at radius 3 is 1.67 bits per heavy atom. The Kier molecular flexibility index (Phi) is 10.9. The number of nitrogens with zero attached hydrogens (tertiary/aromatic N) is 5. The van der Waals surface area contributed by atoms with Crippen LogP contribution in [0, 0.1) is 0 Å². The van der Waals surface area contributed by atoms with Crippen LogP contribution in [-0.4, -0.2) is 62.7 Å². The van der Waals surface area contributed by atoms with Crippen molar-refractivity contribution in [2.75, 3.05) is 32.8 Å². The van der Waals surface area contributed by atoms with Crippen molar-refractivity contribution in [2.24, 2.45) is 5.14 Å². The van der Waals surface area contributed by atoms with Gasteiger partial charge in [-0.2, -0.15) is 9.10 Å². The second kappa shape index (κ2) is 15.5. The van der Waals surface area contributed by atoms with E-state index < -0.39 is 29.8 Å². The molecule has 1 heterocycles. The molecule has 1 aromatic heterocycles. The highest BCUT2D eigenvalue weighted by Gasteiger charge is 2.37. The number of primary sulfonamides is 1. The van der Waals surface area contributed by atoms with Gasteiger partial charge in [0, 0.05) is 13.1 Å². The molecule has 0 fully saturated rings. The molecule has 0 aliphatic rings. The minimum absolute atomic E-state index is 0.152. The molecule has 0 atom stereocenters. The predicted molar refractivity (Wildman–Crippen MR) is 203 cm³/mol. The molecule has 280 valence electrons. The molecule has 15 nitrogen and oxygen atoms in total. The molecule has 5 aromatic carbocycles. The zero-order valence-electron chi connectivity index (χ0n) is 29.6. The lowest BCUT2D eigenvalue weighted by Gasteiger charge is -2.26. The van der Waals surface area contributed by atoms with Crippen molar-refractivity contribution in [3.8, 4) is 39.8 Å². The largest absolute Gasteiger partial charge is 0.497 e. The molecule has 54 heavy (non-hydrogen) atoms. The monoisotopic (exact) mass is 770 g/mol. The molecule has 0 amide bonds. The van der Waals surface area contributed by atoms with Crippen molar-refractivity contribution in [3.05, 3.63) is 120 Å². The van der Waals surface area contributed by atoms with Crippen LogP contribution in [0.25, 0.3) is 22.5 Å². The molecular formula is C37H38N8O7S2. The number of ether oxygens (including phenoxy) is 3. The van der Waals surface area contributed by atoms with Crippen molar-refractivity contribution < 1.29 is 31.0 Å². The number of tetrazole rings is 1. The quantitative estimate of drug-likeness (QED) is 0.132. The van der Waals surface area contributed by atoms with E-state index in [-0.39, 0.29) is 42.3 Å². The fourth-order valence-corrected chi connectivity index (χ4v) is 8.74. The third kappa shape index (κ3) is 8.13. The number of nitrogen functional groups attached to an aromatic ring is 2. The number of sulfonamides is 2. The third-order valence-electron chi connectivity index (χ3n) is 8.62. The van der Waals surface area contributed by atoms with E-state index in [4.69, 9.17) is 30.8 Å². The summed E-state index contributed by atoms with van der Waals surface area (Å²) in [5.41, 5.74) is 15.2. The minimum atomic E-state index is -4.80. The van der Waals surface area contributed by atoms with Crippen LogP contribution in [0.4, 0.5) is 11.4 Å². The molecule has 17 heteroatoms. The lowest BCUT2D eigenvalue weighted by Crippen LogP contribution is -2.32. The van der Waals surface area contributed by atoms with Gasteiger partial charge in [0.1, 0.15) is 27.0 Å². The summed E-state index contributed by atoms with van der Waals surface area (Å²) in [6.07, 6.45) is 0. The summed E-state index contributed by atoms with van der Waals surface area (Å²) in [5, 5.41) is 18.8. The van der Waals surface area contributed by atoms with Gasteiger partial charge >= 0.3 is 0 Å². The van der Waals surface area contributed by atoms with Crippen molar-refractivity contribution in [2.45, 2.75) is 29.4 Å². The first-order valence-electron chi connectivity index (χ1n) is 16.3. The molecule has 0 aliphatic carbocycles. The molecule has 6 rings (SSSR count). The second-order valence-electron chi connectivity index (χ2n) is 12.2. The SMILES string of the molecule is COc1ccc(CN(Cc2ccc(OC)cc2)S(=O)(=O)c2c(S(N)(=O)=O)ccc(-c3ccc(N)c(N)c3)c2-c2nnn(Cc3ccc(OC)cc3)n2)cc1. The molecule has 0 spiro atoms. The fraction of sp³-hybridized carbons (Fsp3) is 0.162. The van der Waals surface area contributed by atoms with Gasteiger partial charge < -0.3 is 25.7 Å². The van der Waals surface area contributed by atoms with Gasteiger partial charge in [-0.1, -0.05) is 48.5 Å². The first kappa shape index (κ1) is 37.7. The number of nitrogens with two attached hydrogens (primary N) is 3. The predicted octanol–water partition coefficient (Wildman–Crippen LogP) is 4.28. The normalized spacial score (nSPS) is 11.8. The van der Waals surface area contributed by atoms with Crippen LogP contribution in [0.5, 0.6) is 17.2 Å². The number of methoxy groups -OCH3 is 3. The maximum Gasteiger partial charge on any atom is 0.245 e. The first-order chi connectivity index (χ1) is 25.8. The summed E-state index contributed by atoms with van der Waals surface area (Å²) in [4.78, 5) is -0.0281. The molecule has 0 aliphatic heterocycles. The van der Waals surface area contributed by atoms with E-state index in [1.165, 1.54) is 25.1 Å². The van der Waals surface area contributed by atoms with Gasteiger partial charge in [0.05, 0.1) is 44.8 Å². The molecule has 6 N–H and O–H groups in total. The van der Waals surface area contributed by atoms with Crippen LogP contribution in [0.2, 0.25) is 0 Å². The molecule has 0 saturated heterocycles. The average Bonchev–Trinajstić information content (AvgIpc) is 3.63. The van der Waals surface area contributed by atoms with E-state index in [1.54, 1.807) is 86.0 Å². The van der Waals surface area contributed by atoms with Crippen molar-refractivity contribution in [3.63, 3.8) is 0 Å². The summed E-state index contributed by atoms with van der Waals surface area (Å²) < 4.78 is 74.4. The van der Waals surface area contributed by atoms with Gasteiger partial charge in [-0.3, -0.25) is 0 Å². The van der Waals surface area contributed by atoms with Gasteiger partial charge in [0.2, 0.25) is 25.9 Å². The lowest BCUT2D eigenvalue weighted by atomic mass is 9.98. The van der Waals surface area contributed by atoms with Gasteiger partial charge in [-0.05, 0) is 87.6 Å². The summed E-state index contributed by atoms with van der Waals surface area (Å²) in [5.74, 6) is 1.62. The first-order valence-corrected chi connectivity index (χ1v) is 19.3. The van der Waals surface area contributed by atoms with E-state index in [2.05, 4.69) is 15.4 Å². The van der Waals surface area contributed by atoms with E-state index in [0.717, 1.165) is 15.9 Å². The van der Waals surface area contributed by atoms with Crippen LogP contribution in [0.1, 0.15) is 16.7 Å². The van der Waals surface area contributed by atoms with Crippen LogP contribution in [0.3, 0.4) is 0 Å². The van der Waals surface area contributed by atoms with E-state index in [1.807, 2.05) is 12.1 Å². The van der Waals surface area contributed by atoms with Crippen molar-refractivity contribution in [1.29, 1.82) is 0 Å². The zero-order chi connectivity index (χ0) is 38.6. The van der Waals surface area contributed by atoms with Gasteiger partial charge in [-0.25, -0.2) is 22.0 Å². The highest BCUT2D eigenvalue weighted by Crippen LogP contribution is 2.42. The Hall–Kier alpha value is -6.01. The number of hydrogen-bond donors (Lipinski definition) is 3. The number of anilines is 2. The van der Waals surface area contributed by atoms with Crippen LogP contribution >= 0.6 is 0 Å². The molecule has 0 saturated carbocycles. The smallest absolute Gasteiger partial charge is 0.245 e. The van der Waals surface area contributed by atoms with E-state index >= 15 is 8.42 Å². The molecule has 6 aromatic rings. The standard InChI is InChI=1S/C37H38N8O7S2/c1-50-28-11-4-24(5-12-28)21-44(22-25-6-13-29(51-2)14-7-25)54(48,49)36-34(53(40,46)47)19-17-31(27-10-18-32(38)33(39)20-27)35(36)37-41-43-45(42-37)23-26-8-15-30(52-3)16-9-26/h4-20H,21-23,38-39H2,1-3H3,(H2,40,46,47). The number of rotatable bonds is 14. The Bertz CT molecular complexity index is 2440. The zero-order valence-corrected chi connectivity index (χ0v) is 31.2. The number of hydrogen-bond acceptors (Lipinski definition) is 12. The maximum absolute atomic E-state index is 15.3. The highest BCUT2D eigenvalue weighted by atomic mass is 32.2. The Morgan fingerprint density at radius 1 is 0.667 bits per heavy atom. The average molecular weight is 771 g/mol. The fourth-order valence-electron chi connectivity index (χ4n) is 5.78. The third-order valence-corrected chi connectivity index (χ3v) is 11.6. The Morgan fingerprint density at radius 2 is 1.19 bits per heavy atom. The van der Waals surface area contributed by atoms with Crippen LogP contribution < -0.4 is 30.8 Å². The Balaban J connectivity index is 1.59. The topological polar surface area (TPSA) is 221 Å². The molecule has 0 radical (unpaired) electrons. The van der Waals surface area contributed by atoms with Gasteiger partial charge in [0.25, 0.3) is 0 Å². The summed E-state index contributed by atoms with van der Waals surface area (Å²) >= 11 is 0. The highest BCUT2D eigenvalue weighted by molar-refractivity contribution is 7.92. The molecule has 0 unspecified atom stereocenters. The maximum atomic E-state index is 15.3.